The Hall–Kier alpha value is -1.98. The largest absolute Gasteiger partial charge is 0.495 e. The van der Waals surface area contributed by atoms with E-state index >= 15 is 0 Å². The molecule has 0 atom stereocenters. The van der Waals surface area contributed by atoms with Crippen LogP contribution < -0.4 is 14.8 Å². The molecule has 0 unspecified atom stereocenters. The van der Waals surface area contributed by atoms with Crippen molar-refractivity contribution in [3.8, 4) is 11.5 Å². The summed E-state index contributed by atoms with van der Waals surface area (Å²) in [6.45, 7) is -0.266. The molecular formula is C15H12Cl2FNO3. The van der Waals surface area contributed by atoms with E-state index in [1.54, 1.807) is 18.2 Å². The van der Waals surface area contributed by atoms with Gasteiger partial charge in [0.05, 0.1) is 17.8 Å². The second-order valence-electron chi connectivity index (χ2n) is 4.26. The number of carbonyl (C=O) groups excluding carboxylic acids is 1. The predicted molar refractivity (Wildman–Crippen MR) is 83.5 cm³/mol. The number of anilines is 1. The van der Waals surface area contributed by atoms with Crippen molar-refractivity contribution in [2.45, 2.75) is 0 Å². The van der Waals surface area contributed by atoms with Gasteiger partial charge >= 0.3 is 0 Å². The zero-order chi connectivity index (χ0) is 16.1. The summed E-state index contributed by atoms with van der Waals surface area (Å²) in [5, 5.41) is 3.00. The average Bonchev–Trinajstić information content (AvgIpc) is 2.49. The Morgan fingerprint density at radius 3 is 2.68 bits per heavy atom. The fourth-order valence-electron chi connectivity index (χ4n) is 1.68. The predicted octanol–water partition coefficient (Wildman–Crippen LogP) is 4.16. The number of ether oxygens (including phenoxy) is 2. The third kappa shape index (κ3) is 4.26. The summed E-state index contributed by atoms with van der Waals surface area (Å²) >= 11 is 11.5. The first-order chi connectivity index (χ1) is 10.5. The summed E-state index contributed by atoms with van der Waals surface area (Å²) in [6.07, 6.45) is 0. The summed E-state index contributed by atoms with van der Waals surface area (Å²) in [5.41, 5.74) is 0.431. The Morgan fingerprint density at radius 2 is 2.00 bits per heavy atom. The van der Waals surface area contributed by atoms with Crippen LogP contribution in [0.15, 0.2) is 36.4 Å². The molecule has 0 aliphatic heterocycles. The number of halogens is 3. The van der Waals surface area contributed by atoms with Crippen LogP contribution in [-0.4, -0.2) is 19.6 Å². The molecule has 116 valence electrons. The molecular weight excluding hydrogens is 332 g/mol. The van der Waals surface area contributed by atoms with Gasteiger partial charge in [-0.15, -0.1) is 0 Å². The SMILES string of the molecule is COc1ccc(Cl)cc1NC(=O)COc1ccc(F)c(Cl)c1. The van der Waals surface area contributed by atoms with Crippen molar-refractivity contribution in [3.05, 3.63) is 52.3 Å². The van der Waals surface area contributed by atoms with Crippen LogP contribution >= 0.6 is 23.2 Å². The van der Waals surface area contributed by atoms with Crippen LogP contribution in [0.3, 0.4) is 0 Å². The smallest absolute Gasteiger partial charge is 0.262 e. The monoisotopic (exact) mass is 343 g/mol. The molecule has 2 rings (SSSR count). The van der Waals surface area contributed by atoms with Gasteiger partial charge in [0.2, 0.25) is 0 Å². The molecule has 4 nitrogen and oxygen atoms in total. The molecule has 2 aromatic carbocycles. The average molecular weight is 344 g/mol. The van der Waals surface area contributed by atoms with Gasteiger partial charge in [0.25, 0.3) is 5.91 Å². The van der Waals surface area contributed by atoms with Crippen LogP contribution in [0.1, 0.15) is 0 Å². The molecule has 0 radical (unpaired) electrons. The van der Waals surface area contributed by atoms with Crippen LogP contribution in [0.25, 0.3) is 0 Å². The molecule has 0 saturated heterocycles. The maximum Gasteiger partial charge on any atom is 0.262 e. The number of carbonyl (C=O) groups is 1. The minimum absolute atomic E-state index is 0.0746. The highest BCUT2D eigenvalue weighted by Crippen LogP contribution is 2.27. The van der Waals surface area contributed by atoms with E-state index < -0.39 is 11.7 Å². The molecule has 0 fully saturated rings. The number of hydrogen-bond donors (Lipinski definition) is 1. The zero-order valence-electron chi connectivity index (χ0n) is 11.5. The Bertz CT molecular complexity index is 694. The number of nitrogens with one attached hydrogen (secondary N) is 1. The molecule has 0 aromatic heterocycles. The minimum Gasteiger partial charge on any atom is -0.495 e. The number of methoxy groups -OCH3 is 1. The summed E-state index contributed by atoms with van der Waals surface area (Å²) in [4.78, 5) is 11.9. The quantitative estimate of drug-likeness (QED) is 0.886. The van der Waals surface area contributed by atoms with E-state index in [2.05, 4.69) is 5.32 Å². The van der Waals surface area contributed by atoms with Crippen LogP contribution in [0, 0.1) is 5.82 Å². The second-order valence-corrected chi connectivity index (χ2v) is 5.10. The van der Waals surface area contributed by atoms with Crippen LogP contribution in [0.4, 0.5) is 10.1 Å². The molecule has 0 saturated carbocycles. The summed E-state index contributed by atoms with van der Waals surface area (Å²) in [6, 6.07) is 8.69. The standard InChI is InChI=1S/C15H12Cl2FNO3/c1-21-14-5-2-9(16)6-13(14)19-15(20)8-22-10-3-4-12(18)11(17)7-10/h2-7H,8H2,1H3,(H,19,20). The first kappa shape index (κ1) is 16.4. The van der Waals surface area contributed by atoms with E-state index in [-0.39, 0.29) is 11.6 Å². The lowest BCUT2D eigenvalue weighted by molar-refractivity contribution is -0.118. The topological polar surface area (TPSA) is 47.6 Å². The Labute approximate surface area is 136 Å². The number of rotatable bonds is 5. The van der Waals surface area contributed by atoms with E-state index in [0.29, 0.717) is 22.2 Å². The van der Waals surface area contributed by atoms with Crippen molar-refractivity contribution in [1.29, 1.82) is 0 Å². The van der Waals surface area contributed by atoms with Crippen molar-refractivity contribution < 1.29 is 18.7 Å². The lowest BCUT2D eigenvalue weighted by atomic mass is 10.3. The van der Waals surface area contributed by atoms with E-state index in [4.69, 9.17) is 32.7 Å². The van der Waals surface area contributed by atoms with Gasteiger partial charge in [-0.3, -0.25) is 4.79 Å². The molecule has 0 heterocycles. The van der Waals surface area contributed by atoms with Crippen molar-refractivity contribution in [1.82, 2.24) is 0 Å². The van der Waals surface area contributed by atoms with Gasteiger partial charge in [-0.1, -0.05) is 23.2 Å². The summed E-state index contributed by atoms with van der Waals surface area (Å²) in [5.74, 6) is -0.203. The van der Waals surface area contributed by atoms with Crippen LogP contribution in [0.2, 0.25) is 10.0 Å². The molecule has 2 aromatic rings. The van der Waals surface area contributed by atoms with Crippen molar-refractivity contribution in [3.63, 3.8) is 0 Å². The maximum atomic E-state index is 13.0. The molecule has 0 aliphatic rings. The van der Waals surface area contributed by atoms with Crippen molar-refractivity contribution in [2.24, 2.45) is 0 Å². The highest BCUT2D eigenvalue weighted by Gasteiger charge is 2.10. The molecule has 1 amide bonds. The fraction of sp³-hybridized carbons (Fsp3) is 0.133. The van der Waals surface area contributed by atoms with Crippen LogP contribution in [0.5, 0.6) is 11.5 Å². The van der Waals surface area contributed by atoms with Gasteiger partial charge in [0, 0.05) is 11.1 Å². The minimum atomic E-state index is -0.554. The molecule has 0 bridgehead atoms. The van der Waals surface area contributed by atoms with Gasteiger partial charge in [0.1, 0.15) is 17.3 Å². The van der Waals surface area contributed by atoms with Gasteiger partial charge < -0.3 is 14.8 Å². The third-order valence-electron chi connectivity index (χ3n) is 2.70. The first-order valence-corrected chi connectivity index (χ1v) is 6.96. The van der Waals surface area contributed by atoms with Gasteiger partial charge in [-0.05, 0) is 30.3 Å². The van der Waals surface area contributed by atoms with E-state index in [1.807, 2.05) is 0 Å². The van der Waals surface area contributed by atoms with Crippen LogP contribution in [-0.2, 0) is 4.79 Å². The lowest BCUT2D eigenvalue weighted by Crippen LogP contribution is -2.20. The second kappa shape index (κ2) is 7.33. The third-order valence-corrected chi connectivity index (χ3v) is 3.22. The maximum absolute atomic E-state index is 13.0. The number of amides is 1. The molecule has 7 heteroatoms. The van der Waals surface area contributed by atoms with Gasteiger partial charge in [-0.25, -0.2) is 4.39 Å². The highest BCUT2D eigenvalue weighted by molar-refractivity contribution is 6.31. The molecule has 0 spiro atoms. The lowest BCUT2D eigenvalue weighted by Gasteiger charge is -2.11. The zero-order valence-corrected chi connectivity index (χ0v) is 13.0. The van der Waals surface area contributed by atoms with Gasteiger partial charge in [-0.2, -0.15) is 0 Å². The van der Waals surface area contributed by atoms with Crippen molar-refractivity contribution >= 4 is 34.8 Å². The normalized spacial score (nSPS) is 10.2. The summed E-state index contributed by atoms with van der Waals surface area (Å²) in [7, 11) is 1.48. The van der Waals surface area contributed by atoms with Gasteiger partial charge in [0.15, 0.2) is 6.61 Å². The molecule has 0 aliphatic carbocycles. The Balaban J connectivity index is 1.98. The van der Waals surface area contributed by atoms with E-state index in [1.165, 1.54) is 19.2 Å². The van der Waals surface area contributed by atoms with Crippen molar-refractivity contribution in [2.75, 3.05) is 19.0 Å². The number of benzene rings is 2. The number of hydrogen-bond acceptors (Lipinski definition) is 3. The molecule has 1 N–H and O–H groups in total. The fourth-order valence-corrected chi connectivity index (χ4v) is 2.02. The summed E-state index contributed by atoms with van der Waals surface area (Å²) < 4.78 is 23.4. The first-order valence-electron chi connectivity index (χ1n) is 6.21. The van der Waals surface area contributed by atoms with E-state index in [0.717, 1.165) is 6.07 Å². The Kier molecular flexibility index (Phi) is 5.46. The highest BCUT2D eigenvalue weighted by atomic mass is 35.5. The molecule has 22 heavy (non-hydrogen) atoms. The Morgan fingerprint density at radius 1 is 1.23 bits per heavy atom. The van der Waals surface area contributed by atoms with E-state index in [9.17, 15) is 9.18 Å².